The number of alkyl halides is 3. The normalized spacial score (nSPS) is 12.6. The molecule has 0 atom stereocenters. The van der Waals surface area contributed by atoms with E-state index < -0.39 is 11.7 Å². The molecule has 0 aliphatic rings. The summed E-state index contributed by atoms with van der Waals surface area (Å²) in [5, 5.41) is 0. The van der Waals surface area contributed by atoms with Gasteiger partial charge in [0.05, 0.1) is 16.6 Å². The summed E-state index contributed by atoms with van der Waals surface area (Å²) in [6.07, 6.45) is -1.99. The van der Waals surface area contributed by atoms with Gasteiger partial charge in [-0.15, -0.1) is 0 Å². The van der Waals surface area contributed by atoms with Gasteiger partial charge in [0.2, 0.25) is 5.78 Å². The largest absolute Gasteiger partial charge is 0.416 e. The quantitative estimate of drug-likeness (QED) is 0.749. The molecule has 1 aromatic carbocycles. The van der Waals surface area contributed by atoms with Crippen molar-refractivity contribution in [3.8, 4) is 0 Å². The third-order valence-electron chi connectivity index (χ3n) is 2.99. The molecule has 0 fully saturated rings. The van der Waals surface area contributed by atoms with Crippen LogP contribution < -0.4 is 5.73 Å². The van der Waals surface area contributed by atoms with E-state index in [0.717, 1.165) is 17.8 Å². The predicted molar refractivity (Wildman–Crippen MR) is 64.8 cm³/mol. The van der Waals surface area contributed by atoms with Crippen LogP contribution in [-0.4, -0.2) is 20.9 Å². The number of aromatic nitrogens is 3. The third-order valence-corrected chi connectivity index (χ3v) is 2.99. The zero-order chi connectivity index (χ0) is 13.6. The summed E-state index contributed by atoms with van der Waals surface area (Å²) in [4.78, 5) is 7.28. The molecule has 0 unspecified atom stereocenters. The van der Waals surface area contributed by atoms with E-state index in [1.807, 2.05) is 0 Å². The molecule has 0 bridgehead atoms. The molecule has 0 amide bonds. The molecule has 0 saturated heterocycles. The molecular weight excluding hydrogens is 257 g/mol. The molecule has 0 radical (unpaired) electrons. The number of hydrogen-bond acceptors (Lipinski definition) is 2. The smallest absolute Gasteiger partial charge is 0.330 e. The number of nitrogens with zero attached hydrogens (tertiary/aromatic N) is 2. The van der Waals surface area contributed by atoms with E-state index in [9.17, 15) is 13.2 Å². The van der Waals surface area contributed by atoms with Crippen LogP contribution in [-0.2, 0) is 12.6 Å². The monoisotopic (exact) mass is 268 g/mol. The van der Waals surface area contributed by atoms with E-state index in [2.05, 4.69) is 9.97 Å². The van der Waals surface area contributed by atoms with Gasteiger partial charge in [0.15, 0.2) is 0 Å². The summed E-state index contributed by atoms with van der Waals surface area (Å²) in [5.74, 6) is 0.526. The molecule has 19 heavy (non-hydrogen) atoms. The van der Waals surface area contributed by atoms with Gasteiger partial charge in [0.1, 0.15) is 0 Å². The molecule has 100 valence electrons. The first kappa shape index (κ1) is 12.0. The number of benzene rings is 1. The first-order chi connectivity index (χ1) is 8.99. The summed E-state index contributed by atoms with van der Waals surface area (Å²) in [7, 11) is 0. The zero-order valence-corrected chi connectivity index (χ0v) is 9.83. The zero-order valence-electron chi connectivity index (χ0n) is 9.83. The Hall–Kier alpha value is -2.02. The van der Waals surface area contributed by atoms with E-state index in [4.69, 9.17) is 5.73 Å². The molecule has 3 rings (SSSR count). The lowest BCUT2D eigenvalue weighted by Crippen LogP contribution is -2.04. The topological polar surface area (TPSA) is 59.1 Å². The van der Waals surface area contributed by atoms with Crippen LogP contribution in [0.1, 0.15) is 11.3 Å². The summed E-state index contributed by atoms with van der Waals surface area (Å²) >= 11 is 0. The average molecular weight is 268 g/mol. The number of hydrogen-bond donors (Lipinski definition) is 2. The highest BCUT2D eigenvalue weighted by molar-refractivity contribution is 5.80. The molecule has 7 heteroatoms. The van der Waals surface area contributed by atoms with E-state index in [-0.39, 0.29) is 0 Å². The lowest BCUT2D eigenvalue weighted by molar-refractivity contribution is -0.137. The Morgan fingerprint density at radius 3 is 2.79 bits per heavy atom. The lowest BCUT2D eigenvalue weighted by Gasteiger charge is -2.05. The Kier molecular flexibility index (Phi) is 2.53. The van der Waals surface area contributed by atoms with Gasteiger partial charge in [0.25, 0.3) is 0 Å². The second-order valence-electron chi connectivity index (χ2n) is 4.32. The predicted octanol–water partition coefficient (Wildman–Crippen LogP) is 2.34. The molecule has 3 N–H and O–H groups in total. The highest BCUT2D eigenvalue weighted by Crippen LogP contribution is 2.31. The average Bonchev–Trinajstić information content (AvgIpc) is 2.84. The Morgan fingerprint density at radius 2 is 2.11 bits per heavy atom. The molecule has 0 saturated carbocycles. The van der Waals surface area contributed by atoms with Crippen LogP contribution in [0.15, 0.2) is 24.4 Å². The second-order valence-corrected chi connectivity index (χ2v) is 4.32. The number of fused-ring (bicyclic) bond motifs is 3. The second kappa shape index (κ2) is 3.99. The molecule has 4 nitrogen and oxygen atoms in total. The van der Waals surface area contributed by atoms with Gasteiger partial charge in [-0.3, -0.25) is 4.40 Å². The molecule has 0 aliphatic carbocycles. The number of H-pyrrole nitrogens is 1. The van der Waals surface area contributed by atoms with Crippen molar-refractivity contribution in [1.82, 2.24) is 14.4 Å². The molecule has 2 heterocycles. The van der Waals surface area contributed by atoms with Crippen molar-refractivity contribution in [1.29, 1.82) is 0 Å². The minimum Gasteiger partial charge on any atom is -0.330 e. The first-order valence-electron chi connectivity index (χ1n) is 5.76. The van der Waals surface area contributed by atoms with Crippen LogP contribution in [0.2, 0.25) is 0 Å². The van der Waals surface area contributed by atoms with Gasteiger partial charge in [0, 0.05) is 18.3 Å². The Bertz CT molecular complexity index is 738. The number of nitrogens with two attached hydrogens (primary N) is 1. The number of aromatic amines is 1. The number of rotatable bonds is 2. The van der Waals surface area contributed by atoms with Gasteiger partial charge in [-0.2, -0.15) is 13.2 Å². The van der Waals surface area contributed by atoms with Gasteiger partial charge >= 0.3 is 6.18 Å². The number of nitrogens with one attached hydrogen (secondary N) is 1. The van der Waals surface area contributed by atoms with Crippen molar-refractivity contribution in [2.75, 3.05) is 6.54 Å². The maximum atomic E-state index is 12.7. The summed E-state index contributed by atoms with van der Waals surface area (Å²) in [6, 6.07) is 3.52. The standard InChI is InChI=1S/C12H11F3N4/c13-12(14,15)7-1-2-9-10(5-7)19-6-8(3-4-16)17-11(19)18-9/h1-2,5-6H,3-4,16H2,(H,17,18). The molecule has 0 spiro atoms. The van der Waals surface area contributed by atoms with Gasteiger partial charge in [-0.05, 0) is 24.7 Å². The Labute approximate surface area is 106 Å². The minimum absolute atomic E-state index is 0.435. The third kappa shape index (κ3) is 1.95. The van der Waals surface area contributed by atoms with Gasteiger partial charge < -0.3 is 10.7 Å². The van der Waals surface area contributed by atoms with Gasteiger partial charge in [-0.25, -0.2) is 4.98 Å². The van der Waals surface area contributed by atoms with Crippen LogP contribution in [0.3, 0.4) is 0 Å². The van der Waals surface area contributed by atoms with Crippen LogP contribution in [0.4, 0.5) is 13.2 Å². The Balaban J connectivity index is 2.21. The van der Waals surface area contributed by atoms with Crippen LogP contribution >= 0.6 is 0 Å². The van der Waals surface area contributed by atoms with Crippen molar-refractivity contribution in [3.63, 3.8) is 0 Å². The van der Waals surface area contributed by atoms with E-state index in [0.29, 0.717) is 29.8 Å². The molecule has 3 aromatic rings. The number of halogens is 3. The van der Waals surface area contributed by atoms with Gasteiger partial charge in [-0.1, -0.05) is 0 Å². The molecule has 0 aliphatic heterocycles. The van der Waals surface area contributed by atoms with E-state index in [1.54, 1.807) is 10.6 Å². The summed E-state index contributed by atoms with van der Waals surface area (Å²) < 4.78 is 39.7. The highest BCUT2D eigenvalue weighted by Gasteiger charge is 2.31. The van der Waals surface area contributed by atoms with Crippen molar-refractivity contribution in [2.24, 2.45) is 5.73 Å². The number of imidazole rings is 2. The maximum absolute atomic E-state index is 12.7. The van der Waals surface area contributed by atoms with Crippen LogP contribution in [0.5, 0.6) is 0 Å². The summed E-state index contributed by atoms with van der Waals surface area (Å²) in [5.41, 5.74) is 6.58. The summed E-state index contributed by atoms with van der Waals surface area (Å²) in [6.45, 7) is 0.468. The van der Waals surface area contributed by atoms with Crippen LogP contribution in [0, 0.1) is 0 Å². The SMILES string of the molecule is NCCc1cn2c(nc3ccc(C(F)(F)F)cc32)[nH]1. The molecule has 2 aromatic heterocycles. The minimum atomic E-state index is -4.35. The van der Waals surface area contributed by atoms with E-state index >= 15 is 0 Å². The van der Waals surface area contributed by atoms with Crippen molar-refractivity contribution < 1.29 is 13.2 Å². The van der Waals surface area contributed by atoms with Crippen molar-refractivity contribution in [3.05, 3.63) is 35.7 Å². The van der Waals surface area contributed by atoms with Crippen molar-refractivity contribution >= 4 is 16.8 Å². The van der Waals surface area contributed by atoms with Crippen LogP contribution in [0.25, 0.3) is 16.8 Å². The van der Waals surface area contributed by atoms with E-state index in [1.165, 1.54) is 6.07 Å². The highest BCUT2D eigenvalue weighted by atomic mass is 19.4. The fourth-order valence-corrected chi connectivity index (χ4v) is 2.10. The lowest BCUT2D eigenvalue weighted by atomic mass is 10.2. The first-order valence-corrected chi connectivity index (χ1v) is 5.76. The Morgan fingerprint density at radius 1 is 1.32 bits per heavy atom. The maximum Gasteiger partial charge on any atom is 0.416 e. The van der Waals surface area contributed by atoms with Crippen molar-refractivity contribution in [2.45, 2.75) is 12.6 Å². The molecular formula is C12H11F3N4. The fourth-order valence-electron chi connectivity index (χ4n) is 2.10. The fraction of sp³-hybridized carbons (Fsp3) is 0.250.